The third-order valence-electron chi connectivity index (χ3n) is 3.59. The fraction of sp³-hybridized carbons (Fsp3) is 0.611. The first kappa shape index (κ1) is 19.3. The highest BCUT2D eigenvalue weighted by molar-refractivity contribution is 5.79. The molecular weight excluding hydrogens is 290 g/mol. The van der Waals surface area contributed by atoms with Crippen LogP contribution in [0.15, 0.2) is 23.2 Å². The van der Waals surface area contributed by atoms with Crippen molar-refractivity contribution in [3.63, 3.8) is 0 Å². The van der Waals surface area contributed by atoms with Crippen molar-refractivity contribution in [1.82, 2.24) is 10.6 Å². The monoisotopic (exact) mass is 321 g/mol. The Labute approximate surface area is 140 Å². The van der Waals surface area contributed by atoms with Gasteiger partial charge in [-0.1, -0.05) is 19.1 Å². The second-order valence-corrected chi connectivity index (χ2v) is 6.20. The summed E-state index contributed by atoms with van der Waals surface area (Å²) >= 11 is 0. The molecule has 0 aliphatic rings. The Morgan fingerprint density at radius 1 is 1.26 bits per heavy atom. The smallest absolute Gasteiger partial charge is 0.191 e. The van der Waals surface area contributed by atoms with Crippen LogP contribution in [0.4, 0.5) is 0 Å². The van der Waals surface area contributed by atoms with Gasteiger partial charge in [0.15, 0.2) is 5.96 Å². The number of aryl methyl sites for hydroxylation is 1. The molecule has 0 aliphatic carbocycles. The number of ether oxygens (including phenoxy) is 2. The highest BCUT2D eigenvalue weighted by atomic mass is 16.5. The molecule has 0 radical (unpaired) electrons. The Hall–Kier alpha value is -1.75. The van der Waals surface area contributed by atoms with Gasteiger partial charge in [0.05, 0.1) is 12.2 Å². The Bertz CT molecular complexity index is 513. The van der Waals surface area contributed by atoms with Crippen LogP contribution >= 0.6 is 0 Å². The lowest BCUT2D eigenvalue weighted by atomic mass is 10.1. The van der Waals surface area contributed by atoms with E-state index in [1.807, 2.05) is 13.8 Å². The minimum Gasteiger partial charge on any atom is -0.493 e. The molecule has 0 aromatic heterocycles. The first-order valence-electron chi connectivity index (χ1n) is 8.14. The van der Waals surface area contributed by atoms with Gasteiger partial charge in [0, 0.05) is 32.8 Å². The van der Waals surface area contributed by atoms with Gasteiger partial charge in [-0.15, -0.1) is 0 Å². The molecule has 0 amide bonds. The average molecular weight is 321 g/mol. The molecule has 0 atom stereocenters. The van der Waals surface area contributed by atoms with Crippen molar-refractivity contribution in [3.8, 4) is 5.75 Å². The van der Waals surface area contributed by atoms with Crippen molar-refractivity contribution in [2.45, 2.75) is 46.3 Å². The van der Waals surface area contributed by atoms with Crippen LogP contribution in [0.3, 0.4) is 0 Å². The normalized spacial score (nSPS) is 12.2. The fourth-order valence-electron chi connectivity index (χ4n) is 1.92. The molecule has 1 aromatic rings. The quantitative estimate of drug-likeness (QED) is 0.571. The summed E-state index contributed by atoms with van der Waals surface area (Å²) in [5.74, 6) is 1.68. The van der Waals surface area contributed by atoms with E-state index in [4.69, 9.17) is 9.47 Å². The van der Waals surface area contributed by atoms with Gasteiger partial charge >= 0.3 is 0 Å². The van der Waals surface area contributed by atoms with Crippen LogP contribution in [0.5, 0.6) is 5.75 Å². The lowest BCUT2D eigenvalue weighted by molar-refractivity contribution is 0.0268. The van der Waals surface area contributed by atoms with E-state index in [2.05, 4.69) is 47.7 Å². The molecule has 0 saturated carbocycles. The van der Waals surface area contributed by atoms with Gasteiger partial charge in [0.2, 0.25) is 0 Å². The lowest BCUT2D eigenvalue weighted by Gasteiger charge is -2.24. The Morgan fingerprint density at radius 3 is 2.61 bits per heavy atom. The molecule has 0 spiro atoms. The third kappa shape index (κ3) is 6.91. The molecule has 2 N–H and O–H groups in total. The van der Waals surface area contributed by atoms with Crippen LogP contribution in [0.25, 0.3) is 0 Å². The number of rotatable bonds is 8. The predicted octanol–water partition coefficient (Wildman–Crippen LogP) is 2.87. The van der Waals surface area contributed by atoms with Gasteiger partial charge in [-0.25, -0.2) is 0 Å². The summed E-state index contributed by atoms with van der Waals surface area (Å²) in [6, 6.07) is 6.27. The van der Waals surface area contributed by atoms with Gasteiger partial charge in [-0.05, 0) is 38.8 Å². The van der Waals surface area contributed by atoms with Crippen molar-refractivity contribution >= 4 is 5.96 Å². The number of methoxy groups -OCH3 is 1. The number of hydrogen-bond donors (Lipinski definition) is 2. The number of guanidine groups is 1. The fourth-order valence-corrected chi connectivity index (χ4v) is 1.92. The summed E-state index contributed by atoms with van der Waals surface area (Å²) in [4.78, 5) is 4.25. The van der Waals surface area contributed by atoms with E-state index in [1.165, 1.54) is 5.56 Å². The molecule has 1 aromatic carbocycles. The van der Waals surface area contributed by atoms with Gasteiger partial charge in [0.1, 0.15) is 5.75 Å². The number of nitrogens with zero attached hydrogens (tertiary/aromatic N) is 1. The Kier molecular flexibility index (Phi) is 7.89. The minimum absolute atomic E-state index is 0.239. The van der Waals surface area contributed by atoms with Gasteiger partial charge in [-0.2, -0.15) is 0 Å². The molecule has 0 aliphatic heterocycles. The molecule has 23 heavy (non-hydrogen) atoms. The molecule has 0 unspecified atom stereocenters. The van der Waals surface area contributed by atoms with Crippen molar-refractivity contribution in [2.75, 3.05) is 27.3 Å². The number of hydrogen-bond acceptors (Lipinski definition) is 3. The van der Waals surface area contributed by atoms with Crippen LogP contribution in [0.1, 0.15) is 38.3 Å². The molecule has 0 saturated heterocycles. The second-order valence-electron chi connectivity index (χ2n) is 6.20. The van der Waals surface area contributed by atoms with E-state index in [0.29, 0.717) is 13.1 Å². The number of benzene rings is 1. The van der Waals surface area contributed by atoms with Gasteiger partial charge in [-0.3, -0.25) is 4.99 Å². The number of aliphatic imine (C=N–C) groups is 1. The zero-order valence-corrected chi connectivity index (χ0v) is 15.3. The average Bonchev–Trinajstić information content (AvgIpc) is 2.54. The standard InChI is InChI=1S/C18H31N3O2/c1-7-10-23-16-11-14(2)8-9-15(16)12-20-17(19-5)21-13-18(3,4)22-6/h8-9,11H,7,10,12-13H2,1-6H3,(H2,19,20,21). The lowest BCUT2D eigenvalue weighted by Crippen LogP contribution is -2.45. The van der Waals surface area contributed by atoms with E-state index in [9.17, 15) is 0 Å². The first-order valence-corrected chi connectivity index (χ1v) is 8.14. The maximum Gasteiger partial charge on any atom is 0.191 e. The largest absolute Gasteiger partial charge is 0.493 e. The summed E-state index contributed by atoms with van der Waals surface area (Å²) < 4.78 is 11.3. The molecule has 0 heterocycles. The summed E-state index contributed by atoms with van der Waals surface area (Å²) in [5.41, 5.74) is 2.08. The zero-order valence-electron chi connectivity index (χ0n) is 15.3. The number of nitrogens with one attached hydrogen (secondary N) is 2. The topological polar surface area (TPSA) is 54.9 Å². The maximum absolute atomic E-state index is 5.84. The molecule has 1 rings (SSSR count). The van der Waals surface area contributed by atoms with Crippen molar-refractivity contribution in [3.05, 3.63) is 29.3 Å². The van der Waals surface area contributed by atoms with Crippen molar-refractivity contribution < 1.29 is 9.47 Å². The maximum atomic E-state index is 5.84. The van der Waals surface area contributed by atoms with Crippen molar-refractivity contribution in [2.24, 2.45) is 4.99 Å². The van der Waals surface area contributed by atoms with Crippen LogP contribution in [-0.2, 0) is 11.3 Å². The Morgan fingerprint density at radius 2 is 2.00 bits per heavy atom. The van der Waals surface area contributed by atoms with Crippen LogP contribution in [0.2, 0.25) is 0 Å². The van der Waals surface area contributed by atoms with E-state index in [-0.39, 0.29) is 5.60 Å². The van der Waals surface area contributed by atoms with E-state index in [0.717, 1.165) is 30.3 Å². The second kappa shape index (κ2) is 9.40. The van der Waals surface area contributed by atoms with Crippen LogP contribution in [0, 0.1) is 6.92 Å². The zero-order chi connectivity index (χ0) is 17.3. The van der Waals surface area contributed by atoms with E-state index < -0.39 is 0 Å². The molecular formula is C18H31N3O2. The van der Waals surface area contributed by atoms with E-state index >= 15 is 0 Å². The summed E-state index contributed by atoms with van der Waals surface area (Å²) in [7, 11) is 3.47. The summed E-state index contributed by atoms with van der Waals surface area (Å²) in [6.45, 7) is 10.3. The van der Waals surface area contributed by atoms with Gasteiger partial charge < -0.3 is 20.1 Å². The van der Waals surface area contributed by atoms with Gasteiger partial charge in [0.25, 0.3) is 0 Å². The van der Waals surface area contributed by atoms with Crippen molar-refractivity contribution in [1.29, 1.82) is 0 Å². The SMILES string of the molecule is CCCOc1cc(C)ccc1CNC(=NC)NCC(C)(C)OC. The minimum atomic E-state index is -0.239. The molecule has 5 nitrogen and oxygen atoms in total. The molecule has 0 bridgehead atoms. The third-order valence-corrected chi connectivity index (χ3v) is 3.59. The molecule has 5 heteroatoms. The first-order chi connectivity index (χ1) is 10.9. The predicted molar refractivity (Wildman–Crippen MR) is 96.3 cm³/mol. The highest BCUT2D eigenvalue weighted by Gasteiger charge is 2.16. The molecule has 0 fully saturated rings. The van der Waals surface area contributed by atoms with Crippen LogP contribution in [-0.4, -0.2) is 38.9 Å². The Balaban J connectivity index is 2.65. The summed E-state index contributed by atoms with van der Waals surface area (Å²) in [5, 5.41) is 6.60. The van der Waals surface area contributed by atoms with Crippen LogP contribution < -0.4 is 15.4 Å². The summed E-state index contributed by atoms with van der Waals surface area (Å²) in [6.07, 6.45) is 0.996. The molecule has 130 valence electrons. The van der Waals surface area contributed by atoms with E-state index in [1.54, 1.807) is 14.2 Å². The highest BCUT2D eigenvalue weighted by Crippen LogP contribution is 2.20.